The first kappa shape index (κ1) is 28.0. The van der Waals surface area contributed by atoms with Gasteiger partial charge in [-0.2, -0.15) is 52.7 Å². The third-order valence-electron chi connectivity index (χ3n) is 3.05. The van der Waals surface area contributed by atoms with Crippen molar-refractivity contribution in [1.29, 1.82) is 0 Å². The summed E-state index contributed by atoms with van der Waals surface area (Å²) < 4.78 is 155. The molecule has 0 saturated heterocycles. The molecule has 0 heterocycles. The van der Waals surface area contributed by atoms with Gasteiger partial charge >= 0.3 is 47.8 Å². The van der Waals surface area contributed by atoms with Gasteiger partial charge in [0.05, 0.1) is 0 Å². The average molecular weight is 480 g/mol. The Kier molecular flexibility index (Phi) is 7.70. The molecule has 30 heavy (non-hydrogen) atoms. The zero-order chi connectivity index (χ0) is 24.6. The molecule has 7 nitrogen and oxygen atoms in total. The highest BCUT2D eigenvalue weighted by Gasteiger charge is 2.77. The first-order valence-corrected chi connectivity index (χ1v) is 6.68. The molecule has 0 spiro atoms. The van der Waals surface area contributed by atoms with Crippen molar-refractivity contribution in [3.05, 3.63) is 0 Å². The molecule has 0 aromatic rings. The first-order valence-electron chi connectivity index (χ1n) is 6.68. The Morgan fingerprint density at radius 2 is 0.800 bits per heavy atom. The molecule has 0 aliphatic carbocycles. The van der Waals surface area contributed by atoms with E-state index < -0.39 is 67.2 Å². The topological polar surface area (TPSA) is 113 Å². The number of alkyl halides is 12. The number of halogens is 12. The lowest BCUT2D eigenvalue weighted by Gasteiger charge is -2.30. The van der Waals surface area contributed by atoms with Crippen LogP contribution < -0.4 is 0 Å². The van der Waals surface area contributed by atoms with Gasteiger partial charge in [-0.3, -0.25) is 0 Å². The van der Waals surface area contributed by atoms with Crippen LogP contribution in [-0.4, -0.2) is 82.5 Å². The summed E-state index contributed by atoms with van der Waals surface area (Å²) in [4.78, 5) is 21.9. The van der Waals surface area contributed by atoms with Crippen LogP contribution >= 0.6 is 0 Å². The highest BCUT2D eigenvalue weighted by atomic mass is 19.4. The number of aliphatic hydroxyl groups excluding tert-OH is 1. The molecule has 0 amide bonds. The van der Waals surface area contributed by atoms with Crippen molar-refractivity contribution < 1.29 is 87.1 Å². The molecule has 0 aliphatic rings. The fourth-order valence-electron chi connectivity index (χ4n) is 1.39. The molecule has 178 valence electrons. The van der Waals surface area contributed by atoms with Crippen LogP contribution in [-0.2, 0) is 19.1 Å². The number of carbonyl (C=O) groups is 2. The maximum absolute atomic E-state index is 12.3. The molecule has 0 saturated carbocycles. The average Bonchev–Trinajstić information content (AvgIpc) is 2.51. The summed E-state index contributed by atoms with van der Waals surface area (Å²) in [6.45, 7) is -4.03. The molecule has 0 atom stereocenters. The van der Waals surface area contributed by atoms with Crippen LogP contribution in [0.25, 0.3) is 0 Å². The lowest BCUT2D eigenvalue weighted by atomic mass is 10.0. The Morgan fingerprint density at radius 1 is 0.600 bits per heavy atom. The van der Waals surface area contributed by atoms with E-state index in [0.29, 0.717) is 0 Å². The Bertz CT molecular complexity index is 550. The minimum Gasteiger partial charge on any atom is -0.460 e. The van der Waals surface area contributed by atoms with E-state index in [-0.39, 0.29) is 0 Å². The van der Waals surface area contributed by atoms with Gasteiger partial charge in [-0.25, -0.2) is 9.59 Å². The van der Waals surface area contributed by atoms with E-state index in [1.165, 1.54) is 0 Å². The molecule has 0 aromatic heterocycles. The molecule has 0 aliphatic heterocycles. The SMILES string of the molecule is O=C(OCC(O)COC(=O)C(O)(C(F)(F)F)C(F)(F)F)C(O)(C(F)(F)F)C(F)(F)F. The van der Waals surface area contributed by atoms with Gasteiger partial charge in [0.1, 0.15) is 19.3 Å². The molecule has 0 unspecified atom stereocenters. The van der Waals surface area contributed by atoms with Crippen molar-refractivity contribution in [2.75, 3.05) is 13.2 Å². The molecule has 3 N–H and O–H groups in total. The number of hydrogen-bond donors (Lipinski definition) is 3. The fraction of sp³-hybridized carbons (Fsp3) is 0.818. The van der Waals surface area contributed by atoms with E-state index in [1.807, 2.05) is 0 Å². The highest BCUT2D eigenvalue weighted by molar-refractivity contribution is 5.82. The second-order valence-electron chi connectivity index (χ2n) is 5.26. The van der Waals surface area contributed by atoms with Gasteiger partial charge in [0, 0.05) is 0 Å². The van der Waals surface area contributed by atoms with Crippen molar-refractivity contribution in [3.8, 4) is 0 Å². The maximum Gasteiger partial charge on any atom is 0.437 e. The Labute approximate surface area is 155 Å². The van der Waals surface area contributed by atoms with Gasteiger partial charge in [-0.05, 0) is 0 Å². The summed E-state index contributed by atoms with van der Waals surface area (Å²) in [6.07, 6.45) is -29.5. The van der Waals surface area contributed by atoms with E-state index in [9.17, 15) is 62.3 Å². The summed E-state index contributed by atoms with van der Waals surface area (Å²) >= 11 is 0. The van der Waals surface area contributed by atoms with Crippen LogP contribution in [0.1, 0.15) is 0 Å². The maximum atomic E-state index is 12.3. The van der Waals surface area contributed by atoms with Gasteiger partial charge in [0.25, 0.3) is 0 Å². The van der Waals surface area contributed by atoms with E-state index in [1.54, 1.807) is 0 Å². The third-order valence-corrected chi connectivity index (χ3v) is 3.05. The van der Waals surface area contributed by atoms with Crippen molar-refractivity contribution in [2.45, 2.75) is 42.0 Å². The van der Waals surface area contributed by atoms with Crippen molar-refractivity contribution in [2.24, 2.45) is 0 Å². The number of ether oxygens (including phenoxy) is 2. The van der Waals surface area contributed by atoms with E-state index >= 15 is 0 Å². The quantitative estimate of drug-likeness (QED) is 0.386. The van der Waals surface area contributed by atoms with Gasteiger partial charge in [-0.1, -0.05) is 0 Å². The van der Waals surface area contributed by atoms with Crippen molar-refractivity contribution >= 4 is 11.9 Å². The Morgan fingerprint density at radius 3 is 0.967 bits per heavy atom. The molecule has 0 radical (unpaired) electrons. The number of hydrogen-bond acceptors (Lipinski definition) is 7. The summed E-state index contributed by atoms with van der Waals surface area (Å²) in [5.41, 5.74) is -12.2. The van der Waals surface area contributed by atoms with Gasteiger partial charge in [-0.15, -0.1) is 0 Å². The van der Waals surface area contributed by atoms with E-state index in [4.69, 9.17) is 15.3 Å². The molecule has 0 fully saturated rings. The normalized spacial score (nSPS) is 14.7. The molecule has 19 heteroatoms. The predicted octanol–water partition coefficient (Wildman–Crippen LogP) is 1.15. The van der Waals surface area contributed by atoms with Crippen LogP contribution in [0, 0.1) is 0 Å². The number of aliphatic hydroxyl groups is 3. The monoisotopic (exact) mass is 480 g/mol. The van der Waals surface area contributed by atoms with Crippen molar-refractivity contribution in [3.63, 3.8) is 0 Å². The molecular weight excluding hydrogens is 472 g/mol. The van der Waals surface area contributed by atoms with Crippen LogP contribution in [0.15, 0.2) is 0 Å². The Hall–Kier alpha value is -2.02. The molecular formula is C11H8F12O7. The minimum absolute atomic E-state index is 2.02. The summed E-state index contributed by atoms with van der Waals surface area (Å²) in [7, 11) is 0. The number of esters is 2. The van der Waals surface area contributed by atoms with Crippen LogP contribution in [0.3, 0.4) is 0 Å². The van der Waals surface area contributed by atoms with Gasteiger partial charge in [0.2, 0.25) is 0 Å². The zero-order valence-corrected chi connectivity index (χ0v) is 13.5. The molecule has 0 aromatic carbocycles. The van der Waals surface area contributed by atoms with Gasteiger partial charge in [0.15, 0.2) is 0 Å². The summed E-state index contributed by atoms with van der Waals surface area (Å²) in [5.74, 6) is -6.93. The van der Waals surface area contributed by atoms with Crippen molar-refractivity contribution in [1.82, 2.24) is 0 Å². The van der Waals surface area contributed by atoms with Crippen LogP contribution in [0.4, 0.5) is 52.7 Å². The largest absolute Gasteiger partial charge is 0.460 e. The lowest BCUT2D eigenvalue weighted by Crippen LogP contribution is -2.63. The predicted molar refractivity (Wildman–Crippen MR) is 62.0 cm³/mol. The second kappa shape index (κ2) is 8.25. The Balaban J connectivity index is 5.20. The van der Waals surface area contributed by atoms with E-state index in [2.05, 4.69) is 9.47 Å². The highest BCUT2D eigenvalue weighted by Crippen LogP contribution is 2.45. The summed E-state index contributed by atoms with van der Waals surface area (Å²) in [6, 6.07) is 0. The zero-order valence-electron chi connectivity index (χ0n) is 13.5. The molecule has 0 bridgehead atoms. The smallest absolute Gasteiger partial charge is 0.437 e. The van der Waals surface area contributed by atoms with Crippen LogP contribution in [0.5, 0.6) is 0 Å². The number of carbonyl (C=O) groups excluding carboxylic acids is 2. The third kappa shape index (κ3) is 5.17. The first-order chi connectivity index (χ1) is 12.9. The fourth-order valence-corrected chi connectivity index (χ4v) is 1.39. The standard InChI is InChI=1S/C11H8F12O7/c12-8(13,14)6(27,9(15,16)17)4(25)29-1-3(24)2-30-5(26)7(28,10(18,19)20)11(21,22)23/h3,24,27-28H,1-2H2. The summed E-state index contributed by atoms with van der Waals surface area (Å²) in [5, 5.41) is 26.2. The number of rotatable bonds is 6. The van der Waals surface area contributed by atoms with E-state index in [0.717, 1.165) is 0 Å². The van der Waals surface area contributed by atoms with Crippen LogP contribution in [0.2, 0.25) is 0 Å². The second-order valence-corrected chi connectivity index (χ2v) is 5.26. The molecule has 0 rings (SSSR count). The lowest BCUT2D eigenvalue weighted by molar-refractivity contribution is -0.357. The minimum atomic E-state index is -6.68. The van der Waals surface area contributed by atoms with Gasteiger partial charge < -0.3 is 24.8 Å².